The molecule has 0 aromatic heterocycles. The van der Waals surface area contributed by atoms with Crippen LogP contribution in [0.2, 0.25) is 0 Å². The van der Waals surface area contributed by atoms with Gasteiger partial charge in [0.1, 0.15) is 0 Å². The summed E-state index contributed by atoms with van der Waals surface area (Å²) in [6.07, 6.45) is 4.22. The van der Waals surface area contributed by atoms with Gasteiger partial charge in [-0.25, -0.2) is 0 Å². The van der Waals surface area contributed by atoms with Gasteiger partial charge in [-0.2, -0.15) is 11.8 Å². The fourth-order valence-electron chi connectivity index (χ4n) is 1.60. The molecule has 100 valence electrons. The number of anilines is 1. The minimum Gasteiger partial charge on any atom is -0.398 e. The molecule has 1 rings (SSSR count). The highest BCUT2D eigenvalue weighted by atomic mass is 79.9. The van der Waals surface area contributed by atoms with Crippen molar-refractivity contribution in [3.63, 3.8) is 0 Å². The SMILES string of the molecule is CSCCCCNC(=O)c1cc(Br)cc(N)c1C. The maximum Gasteiger partial charge on any atom is 0.251 e. The fraction of sp³-hybridized carbons (Fsp3) is 0.462. The van der Waals surface area contributed by atoms with Crippen LogP contribution >= 0.6 is 27.7 Å². The van der Waals surface area contributed by atoms with Crippen LogP contribution in [0.15, 0.2) is 16.6 Å². The summed E-state index contributed by atoms with van der Waals surface area (Å²) < 4.78 is 0.832. The van der Waals surface area contributed by atoms with E-state index in [9.17, 15) is 4.79 Å². The molecule has 0 bridgehead atoms. The molecule has 0 heterocycles. The number of thioether (sulfide) groups is 1. The summed E-state index contributed by atoms with van der Waals surface area (Å²) in [5.74, 6) is 1.09. The molecule has 0 spiro atoms. The van der Waals surface area contributed by atoms with Crippen LogP contribution < -0.4 is 11.1 Å². The molecule has 0 aliphatic carbocycles. The second-order valence-corrected chi connectivity index (χ2v) is 6.02. The highest BCUT2D eigenvalue weighted by molar-refractivity contribution is 9.10. The predicted molar refractivity (Wildman–Crippen MR) is 83.2 cm³/mol. The Balaban J connectivity index is 2.56. The van der Waals surface area contributed by atoms with Gasteiger partial charge in [0.25, 0.3) is 5.91 Å². The van der Waals surface area contributed by atoms with Gasteiger partial charge in [-0.1, -0.05) is 15.9 Å². The molecular formula is C13H19BrN2OS. The van der Waals surface area contributed by atoms with Crippen molar-refractivity contribution >= 4 is 39.3 Å². The summed E-state index contributed by atoms with van der Waals surface area (Å²) in [5.41, 5.74) is 7.96. The zero-order valence-electron chi connectivity index (χ0n) is 10.8. The van der Waals surface area contributed by atoms with Gasteiger partial charge in [-0.3, -0.25) is 4.79 Å². The number of rotatable bonds is 6. The standard InChI is InChI=1S/C13H19BrN2OS/c1-9-11(7-10(14)8-12(9)15)13(17)16-5-3-4-6-18-2/h7-8H,3-6,15H2,1-2H3,(H,16,17). The van der Waals surface area contributed by atoms with Gasteiger partial charge in [0.2, 0.25) is 0 Å². The van der Waals surface area contributed by atoms with E-state index in [1.165, 1.54) is 0 Å². The van der Waals surface area contributed by atoms with E-state index in [2.05, 4.69) is 27.5 Å². The van der Waals surface area contributed by atoms with E-state index >= 15 is 0 Å². The summed E-state index contributed by atoms with van der Waals surface area (Å²) in [6, 6.07) is 3.62. The van der Waals surface area contributed by atoms with Crippen molar-refractivity contribution in [1.82, 2.24) is 5.32 Å². The third kappa shape index (κ3) is 4.53. The summed E-state index contributed by atoms with van der Waals surface area (Å²) in [7, 11) is 0. The second-order valence-electron chi connectivity index (χ2n) is 4.12. The minimum absolute atomic E-state index is 0.0512. The van der Waals surface area contributed by atoms with Crippen molar-refractivity contribution in [2.24, 2.45) is 0 Å². The lowest BCUT2D eigenvalue weighted by molar-refractivity contribution is 0.0952. The largest absolute Gasteiger partial charge is 0.398 e. The lowest BCUT2D eigenvalue weighted by atomic mass is 10.1. The van der Waals surface area contributed by atoms with Crippen molar-refractivity contribution in [3.05, 3.63) is 27.7 Å². The zero-order chi connectivity index (χ0) is 13.5. The van der Waals surface area contributed by atoms with E-state index in [4.69, 9.17) is 5.73 Å². The first-order valence-electron chi connectivity index (χ1n) is 5.89. The van der Waals surface area contributed by atoms with E-state index in [0.717, 1.165) is 28.6 Å². The summed E-state index contributed by atoms with van der Waals surface area (Å²) >= 11 is 5.18. The Morgan fingerprint density at radius 1 is 1.44 bits per heavy atom. The Kier molecular flexibility index (Phi) is 6.57. The van der Waals surface area contributed by atoms with E-state index in [1.54, 1.807) is 0 Å². The number of halogens is 1. The fourth-order valence-corrected chi connectivity index (χ4v) is 2.57. The van der Waals surface area contributed by atoms with Gasteiger partial charge in [-0.15, -0.1) is 0 Å². The molecule has 1 aromatic rings. The minimum atomic E-state index is -0.0512. The summed E-state index contributed by atoms with van der Waals surface area (Å²) in [6.45, 7) is 2.58. The van der Waals surface area contributed by atoms with Crippen LogP contribution in [0.3, 0.4) is 0 Å². The quantitative estimate of drug-likeness (QED) is 0.622. The van der Waals surface area contributed by atoms with Crippen LogP contribution in [-0.4, -0.2) is 24.5 Å². The molecule has 0 unspecified atom stereocenters. The third-order valence-corrected chi connectivity index (χ3v) is 3.87. The molecule has 0 saturated heterocycles. The number of nitrogens with one attached hydrogen (secondary N) is 1. The Morgan fingerprint density at radius 3 is 2.83 bits per heavy atom. The van der Waals surface area contributed by atoms with Crippen LogP contribution in [-0.2, 0) is 0 Å². The number of amides is 1. The molecule has 5 heteroatoms. The molecule has 1 amide bonds. The van der Waals surface area contributed by atoms with Crippen molar-refractivity contribution < 1.29 is 4.79 Å². The van der Waals surface area contributed by atoms with E-state index < -0.39 is 0 Å². The molecule has 3 nitrogen and oxygen atoms in total. The highest BCUT2D eigenvalue weighted by Gasteiger charge is 2.11. The number of unbranched alkanes of at least 4 members (excludes halogenated alkanes) is 1. The Morgan fingerprint density at radius 2 is 2.17 bits per heavy atom. The lowest BCUT2D eigenvalue weighted by Gasteiger charge is -2.10. The number of hydrogen-bond acceptors (Lipinski definition) is 3. The first-order chi connectivity index (χ1) is 8.56. The highest BCUT2D eigenvalue weighted by Crippen LogP contribution is 2.22. The molecular weight excluding hydrogens is 312 g/mol. The van der Waals surface area contributed by atoms with Crippen LogP contribution in [0.5, 0.6) is 0 Å². The average Bonchev–Trinajstić information content (AvgIpc) is 2.33. The zero-order valence-corrected chi connectivity index (χ0v) is 13.2. The molecule has 0 aliphatic heterocycles. The number of nitrogen functional groups attached to an aromatic ring is 1. The summed E-state index contributed by atoms with van der Waals surface area (Å²) in [4.78, 5) is 12.0. The number of nitrogens with two attached hydrogens (primary N) is 1. The lowest BCUT2D eigenvalue weighted by Crippen LogP contribution is -2.25. The van der Waals surface area contributed by atoms with Crippen LogP contribution in [0, 0.1) is 6.92 Å². The molecule has 0 atom stereocenters. The smallest absolute Gasteiger partial charge is 0.251 e. The molecule has 0 aliphatic rings. The van der Waals surface area contributed by atoms with Gasteiger partial charge in [0.05, 0.1) is 0 Å². The van der Waals surface area contributed by atoms with Crippen molar-refractivity contribution in [2.45, 2.75) is 19.8 Å². The van der Waals surface area contributed by atoms with Crippen molar-refractivity contribution in [1.29, 1.82) is 0 Å². The van der Waals surface area contributed by atoms with Gasteiger partial charge in [-0.05, 0) is 49.5 Å². The van der Waals surface area contributed by atoms with Gasteiger partial charge < -0.3 is 11.1 Å². The molecule has 18 heavy (non-hydrogen) atoms. The normalized spacial score (nSPS) is 10.4. The van der Waals surface area contributed by atoms with Crippen molar-refractivity contribution in [2.75, 3.05) is 24.3 Å². The number of benzene rings is 1. The topological polar surface area (TPSA) is 55.1 Å². The van der Waals surface area contributed by atoms with Crippen LogP contribution in [0.25, 0.3) is 0 Å². The van der Waals surface area contributed by atoms with Crippen LogP contribution in [0.1, 0.15) is 28.8 Å². The first-order valence-corrected chi connectivity index (χ1v) is 8.07. The monoisotopic (exact) mass is 330 g/mol. The predicted octanol–water partition coefficient (Wildman–Crippen LogP) is 3.21. The van der Waals surface area contributed by atoms with E-state index in [1.807, 2.05) is 30.8 Å². The maximum absolute atomic E-state index is 12.0. The third-order valence-electron chi connectivity index (χ3n) is 2.72. The number of carbonyl (C=O) groups excluding carboxylic acids is 1. The number of hydrogen-bond donors (Lipinski definition) is 2. The molecule has 1 aromatic carbocycles. The second kappa shape index (κ2) is 7.69. The average molecular weight is 331 g/mol. The Bertz CT molecular complexity index is 424. The molecule has 3 N–H and O–H groups in total. The van der Waals surface area contributed by atoms with E-state index in [0.29, 0.717) is 17.8 Å². The molecule has 0 radical (unpaired) electrons. The summed E-state index contributed by atoms with van der Waals surface area (Å²) in [5, 5.41) is 2.93. The molecule has 0 saturated carbocycles. The Labute approximate surface area is 121 Å². The van der Waals surface area contributed by atoms with Gasteiger partial charge in [0, 0.05) is 22.3 Å². The van der Waals surface area contributed by atoms with Gasteiger partial charge >= 0.3 is 0 Å². The van der Waals surface area contributed by atoms with Crippen LogP contribution in [0.4, 0.5) is 5.69 Å². The number of carbonyl (C=O) groups is 1. The van der Waals surface area contributed by atoms with Gasteiger partial charge in [0.15, 0.2) is 0 Å². The van der Waals surface area contributed by atoms with E-state index in [-0.39, 0.29) is 5.91 Å². The Hall–Kier alpha value is -0.680. The molecule has 0 fully saturated rings. The van der Waals surface area contributed by atoms with Crippen molar-refractivity contribution in [3.8, 4) is 0 Å². The first kappa shape index (κ1) is 15.4. The maximum atomic E-state index is 12.0.